The summed E-state index contributed by atoms with van der Waals surface area (Å²) in [5.74, 6) is 0.876. The van der Waals surface area contributed by atoms with Crippen molar-refractivity contribution in [1.82, 2.24) is 9.97 Å². The van der Waals surface area contributed by atoms with Gasteiger partial charge in [-0.15, -0.1) is 11.3 Å². The SMILES string of the molecule is c1ccc2sc(-c3ccc4[nH]c(-c5ccc6occc6c5)nc4c3)cc2c1. The first-order valence-corrected chi connectivity index (χ1v) is 9.61. The molecule has 0 amide bonds. The van der Waals surface area contributed by atoms with Crippen LogP contribution >= 0.6 is 11.3 Å². The fourth-order valence-corrected chi connectivity index (χ4v) is 4.59. The van der Waals surface area contributed by atoms with E-state index in [0.29, 0.717) is 0 Å². The average molecular weight is 366 g/mol. The Bertz CT molecular complexity index is 1400. The normalized spacial score (nSPS) is 11.7. The van der Waals surface area contributed by atoms with E-state index in [9.17, 15) is 0 Å². The van der Waals surface area contributed by atoms with E-state index in [2.05, 4.69) is 59.6 Å². The lowest BCUT2D eigenvalue weighted by Gasteiger charge is -1.96. The molecule has 0 aliphatic rings. The van der Waals surface area contributed by atoms with Crippen LogP contribution in [0, 0.1) is 0 Å². The molecule has 6 aromatic rings. The van der Waals surface area contributed by atoms with Crippen LogP contribution in [0.2, 0.25) is 0 Å². The minimum absolute atomic E-state index is 0.876. The van der Waals surface area contributed by atoms with E-state index in [0.717, 1.165) is 33.4 Å². The van der Waals surface area contributed by atoms with Gasteiger partial charge in [0, 0.05) is 20.5 Å². The number of fused-ring (bicyclic) bond motifs is 3. The number of H-pyrrole nitrogens is 1. The van der Waals surface area contributed by atoms with Crippen molar-refractivity contribution in [2.75, 3.05) is 0 Å². The predicted octanol–water partition coefficient (Wildman–Crippen LogP) is 6.86. The first kappa shape index (κ1) is 14.8. The zero-order valence-corrected chi connectivity index (χ0v) is 15.1. The third-order valence-electron chi connectivity index (χ3n) is 4.92. The van der Waals surface area contributed by atoms with E-state index in [-0.39, 0.29) is 0 Å². The summed E-state index contributed by atoms with van der Waals surface area (Å²) in [7, 11) is 0. The highest BCUT2D eigenvalue weighted by atomic mass is 32.1. The van der Waals surface area contributed by atoms with Crippen molar-refractivity contribution in [3.63, 3.8) is 0 Å². The summed E-state index contributed by atoms with van der Waals surface area (Å²) in [6.07, 6.45) is 1.71. The maximum Gasteiger partial charge on any atom is 0.138 e. The molecule has 0 bridgehead atoms. The maximum absolute atomic E-state index is 5.43. The summed E-state index contributed by atoms with van der Waals surface area (Å²) in [5.41, 5.74) is 5.17. The number of imidazole rings is 1. The number of furan rings is 1. The van der Waals surface area contributed by atoms with Crippen LogP contribution < -0.4 is 0 Å². The largest absolute Gasteiger partial charge is 0.464 e. The summed E-state index contributed by atoms with van der Waals surface area (Å²) >= 11 is 1.82. The van der Waals surface area contributed by atoms with Crippen molar-refractivity contribution in [3.05, 3.63) is 79.1 Å². The Labute approximate surface area is 158 Å². The van der Waals surface area contributed by atoms with Crippen LogP contribution in [-0.4, -0.2) is 9.97 Å². The van der Waals surface area contributed by atoms with Crippen LogP contribution in [0.4, 0.5) is 0 Å². The number of nitrogens with one attached hydrogen (secondary N) is 1. The van der Waals surface area contributed by atoms with Gasteiger partial charge >= 0.3 is 0 Å². The van der Waals surface area contributed by atoms with Gasteiger partial charge in [-0.05, 0) is 59.5 Å². The predicted molar refractivity (Wildman–Crippen MR) is 112 cm³/mol. The zero-order chi connectivity index (χ0) is 17.8. The van der Waals surface area contributed by atoms with E-state index in [1.54, 1.807) is 6.26 Å². The van der Waals surface area contributed by atoms with Crippen molar-refractivity contribution in [3.8, 4) is 21.8 Å². The molecule has 0 saturated heterocycles. The quantitative estimate of drug-likeness (QED) is 0.364. The summed E-state index contributed by atoms with van der Waals surface area (Å²) in [6.45, 7) is 0. The molecule has 128 valence electrons. The Kier molecular flexibility index (Phi) is 3.04. The summed E-state index contributed by atoms with van der Waals surface area (Å²) in [6, 6.07) is 25.3. The zero-order valence-electron chi connectivity index (χ0n) is 14.3. The Morgan fingerprint density at radius 2 is 1.74 bits per heavy atom. The molecule has 0 atom stereocenters. The molecular formula is C23H14N2OS. The highest BCUT2D eigenvalue weighted by Gasteiger charge is 2.10. The van der Waals surface area contributed by atoms with Crippen LogP contribution in [0.3, 0.4) is 0 Å². The molecule has 0 unspecified atom stereocenters. The van der Waals surface area contributed by atoms with E-state index >= 15 is 0 Å². The molecule has 0 radical (unpaired) electrons. The summed E-state index contributed by atoms with van der Waals surface area (Å²) < 4.78 is 6.74. The second kappa shape index (κ2) is 5.56. The van der Waals surface area contributed by atoms with Gasteiger partial charge in [-0.2, -0.15) is 0 Å². The highest BCUT2D eigenvalue weighted by molar-refractivity contribution is 7.22. The van der Waals surface area contributed by atoms with E-state index < -0.39 is 0 Å². The average Bonchev–Trinajstić information content (AvgIpc) is 3.42. The van der Waals surface area contributed by atoms with Gasteiger partial charge in [0.05, 0.1) is 17.3 Å². The first-order valence-electron chi connectivity index (χ1n) is 8.80. The maximum atomic E-state index is 5.43. The van der Waals surface area contributed by atoms with E-state index in [1.807, 2.05) is 29.5 Å². The monoisotopic (exact) mass is 366 g/mol. The van der Waals surface area contributed by atoms with Gasteiger partial charge in [0.25, 0.3) is 0 Å². The van der Waals surface area contributed by atoms with Crippen molar-refractivity contribution >= 4 is 43.4 Å². The molecule has 0 spiro atoms. The van der Waals surface area contributed by atoms with Gasteiger partial charge in [0.2, 0.25) is 0 Å². The van der Waals surface area contributed by atoms with Crippen LogP contribution in [0.1, 0.15) is 0 Å². The van der Waals surface area contributed by atoms with Crippen molar-refractivity contribution in [1.29, 1.82) is 0 Å². The topological polar surface area (TPSA) is 41.8 Å². The van der Waals surface area contributed by atoms with Gasteiger partial charge < -0.3 is 9.40 Å². The molecule has 27 heavy (non-hydrogen) atoms. The van der Waals surface area contributed by atoms with E-state index in [4.69, 9.17) is 9.40 Å². The lowest BCUT2D eigenvalue weighted by molar-refractivity contribution is 0.616. The van der Waals surface area contributed by atoms with E-state index in [1.165, 1.54) is 20.5 Å². The number of nitrogens with zero attached hydrogens (tertiary/aromatic N) is 1. The van der Waals surface area contributed by atoms with Crippen LogP contribution in [0.25, 0.3) is 53.9 Å². The minimum atomic E-state index is 0.876. The highest BCUT2D eigenvalue weighted by Crippen LogP contribution is 2.35. The second-order valence-electron chi connectivity index (χ2n) is 6.64. The fraction of sp³-hybridized carbons (Fsp3) is 0. The molecule has 0 aliphatic carbocycles. The Morgan fingerprint density at radius 3 is 2.70 bits per heavy atom. The summed E-state index contributed by atoms with van der Waals surface area (Å²) in [4.78, 5) is 9.53. The van der Waals surface area contributed by atoms with Crippen LogP contribution in [-0.2, 0) is 0 Å². The van der Waals surface area contributed by atoms with Crippen molar-refractivity contribution in [2.24, 2.45) is 0 Å². The molecule has 4 heteroatoms. The number of rotatable bonds is 2. The Hall–Kier alpha value is -3.37. The number of hydrogen-bond acceptors (Lipinski definition) is 3. The number of hydrogen-bond donors (Lipinski definition) is 1. The third-order valence-corrected chi connectivity index (χ3v) is 6.08. The smallest absolute Gasteiger partial charge is 0.138 e. The first-order chi connectivity index (χ1) is 13.3. The van der Waals surface area contributed by atoms with Crippen LogP contribution in [0.5, 0.6) is 0 Å². The van der Waals surface area contributed by atoms with Gasteiger partial charge in [0.1, 0.15) is 11.4 Å². The third kappa shape index (κ3) is 2.38. The second-order valence-corrected chi connectivity index (χ2v) is 7.72. The minimum Gasteiger partial charge on any atom is -0.464 e. The number of aromatic amines is 1. The van der Waals surface area contributed by atoms with Gasteiger partial charge in [0.15, 0.2) is 0 Å². The summed E-state index contributed by atoms with van der Waals surface area (Å²) in [5, 5.41) is 2.37. The Balaban J connectivity index is 1.46. The van der Waals surface area contributed by atoms with Crippen molar-refractivity contribution < 1.29 is 4.42 Å². The molecule has 3 aromatic carbocycles. The molecular weight excluding hydrogens is 352 g/mol. The van der Waals surface area contributed by atoms with Crippen molar-refractivity contribution in [2.45, 2.75) is 0 Å². The molecule has 0 saturated carbocycles. The number of aromatic nitrogens is 2. The molecule has 3 heterocycles. The molecule has 6 rings (SSSR count). The fourth-order valence-electron chi connectivity index (χ4n) is 3.53. The van der Waals surface area contributed by atoms with Gasteiger partial charge in [-0.3, -0.25) is 0 Å². The molecule has 0 aliphatic heterocycles. The van der Waals surface area contributed by atoms with Crippen LogP contribution in [0.15, 0.2) is 83.5 Å². The van der Waals surface area contributed by atoms with Gasteiger partial charge in [-0.25, -0.2) is 4.98 Å². The standard InChI is InChI=1S/C23H14N2OS/c1-2-4-21-15(3-1)13-22(27-21)16-5-7-18-19(12-16)25-23(24-18)17-6-8-20-14(11-17)9-10-26-20/h1-13H,(H,24,25). The number of benzene rings is 3. The van der Waals surface area contributed by atoms with Gasteiger partial charge in [-0.1, -0.05) is 24.3 Å². The molecule has 0 fully saturated rings. The Morgan fingerprint density at radius 1 is 0.815 bits per heavy atom. The molecule has 3 nitrogen and oxygen atoms in total. The lowest BCUT2D eigenvalue weighted by atomic mass is 10.1. The molecule has 1 N–H and O–H groups in total. The lowest BCUT2D eigenvalue weighted by Crippen LogP contribution is -1.79. The number of thiophene rings is 1. The molecule has 3 aromatic heterocycles.